The van der Waals surface area contributed by atoms with E-state index < -0.39 is 34.3 Å². The molecule has 1 unspecified atom stereocenters. The van der Waals surface area contributed by atoms with Crippen molar-refractivity contribution in [2.75, 3.05) is 17.4 Å². The highest BCUT2D eigenvalue weighted by molar-refractivity contribution is 7.92. The third-order valence-electron chi connectivity index (χ3n) is 7.12. The van der Waals surface area contributed by atoms with Crippen molar-refractivity contribution in [3.8, 4) is 0 Å². The van der Waals surface area contributed by atoms with Crippen molar-refractivity contribution in [2.24, 2.45) is 0 Å². The molecule has 0 aliphatic rings. The largest absolute Gasteiger partial charge is 0.354 e. The van der Waals surface area contributed by atoms with Gasteiger partial charge in [-0.15, -0.1) is 0 Å². The van der Waals surface area contributed by atoms with Gasteiger partial charge in [-0.2, -0.15) is 0 Å². The first-order valence-corrected chi connectivity index (χ1v) is 16.2. The van der Waals surface area contributed by atoms with E-state index >= 15 is 0 Å². The first-order valence-electron chi connectivity index (χ1n) is 14.4. The summed E-state index contributed by atoms with van der Waals surface area (Å²) >= 11 is 6.51. The van der Waals surface area contributed by atoms with E-state index in [4.69, 9.17) is 11.6 Å². The summed E-state index contributed by atoms with van der Waals surface area (Å²) in [6, 6.07) is 28.0. The third-order valence-corrected chi connectivity index (χ3v) is 9.28. The Labute approximate surface area is 263 Å². The van der Waals surface area contributed by atoms with E-state index in [2.05, 4.69) is 5.32 Å². The zero-order valence-corrected chi connectivity index (χ0v) is 26.0. The molecule has 4 rings (SSSR count). The molecule has 7 nitrogen and oxygen atoms in total. The first-order chi connectivity index (χ1) is 21.2. The van der Waals surface area contributed by atoms with Crippen LogP contribution < -0.4 is 9.62 Å². The fourth-order valence-corrected chi connectivity index (χ4v) is 6.34. The van der Waals surface area contributed by atoms with Gasteiger partial charge in [-0.1, -0.05) is 91.7 Å². The average Bonchev–Trinajstić information content (AvgIpc) is 3.03. The molecular weight excluding hydrogens is 601 g/mol. The molecule has 44 heavy (non-hydrogen) atoms. The molecule has 0 bridgehead atoms. The summed E-state index contributed by atoms with van der Waals surface area (Å²) in [5, 5.41) is 3.36. The highest BCUT2D eigenvalue weighted by atomic mass is 35.5. The van der Waals surface area contributed by atoms with E-state index in [0.29, 0.717) is 17.1 Å². The highest BCUT2D eigenvalue weighted by Gasteiger charge is 2.34. The van der Waals surface area contributed by atoms with Crippen LogP contribution in [0.4, 0.5) is 10.1 Å². The molecule has 0 spiro atoms. The van der Waals surface area contributed by atoms with Crippen molar-refractivity contribution in [2.45, 2.75) is 43.7 Å². The normalized spacial score (nSPS) is 11.9. The Morgan fingerprint density at radius 2 is 1.48 bits per heavy atom. The van der Waals surface area contributed by atoms with Crippen LogP contribution in [0.5, 0.6) is 0 Å². The van der Waals surface area contributed by atoms with Gasteiger partial charge in [0.1, 0.15) is 18.4 Å². The number of nitrogens with zero attached hydrogens (tertiary/aromatic N) is 2. The predicted octanol–water partition coefficient (Wildman–Crippen LogP) is 6.23. The van der Waals surface area contributed by atoms with Crippen LogP contribution in [0.1, 0.15) is 30.9 Å². The molecular formula is C34H35ClFN3O4S. The fraction of sp³-hybridized carbons (Fsp3) is 0.235. The van der Waals surface area contributed by atoms with Gasteiger partial charge in [0.05, 0.1) is 10.6 Å². The van der Waals surface area contributed by atoms with Crippen LogP contribution in [-0.4, -0.2) is 44.3 Å². The maximum atomic E-state index is 14.4. The lowest BCUT2D eigenvalue weighted by molar-refractivity contribution is -0.140. The average molecular weight is 636 g/mol. The van der Waals surface area contributed by atoms with Crippen LogP contribution in [0, 0.1) is 5.82 Å². The van der Waals surface area contributed by atoms with Crippen LogP contribution in [0.15, 0.2) is 114 Å². The van der Waals surface area contributed by atoms with Crippen molar-refractivity contribution >= 4 is 39.1 Å². The number of para-hydroxylation sites is 1. The number of carbonyl (C=O) groups is 2. The third kappa shape index (κ3) is 8.45. The number of benzene rings is 4. The molecule has 4 aromatic carbocycles. The molecule has 1 atom stereocenters. The summed E-state index contributed by atoms with van der Waals surface area (Å²) < 4.78 is 42.5. The van der Waals surface area contributed by atoms with E-state index in [1.165, 1.54) is 4.90 Å². The molecule has 0 aromatic heterocycles. The van der Waals surface area contributed by atoms with Gasteiger partial charge in [0.15, 0.2) is 0 Å². The Bertz CT molecular complexity index is 1640. The molecule has 10 heteroatoms. The Balaban J connectivity index is 1.78. The second-order valence-corrected chi connectivity index (χ2v) is 12.5. The summed E-state index contributed by atoms with van der Waals surface area (Å²) in [6.45, 7) is 1.81. The van der Waals surface area contributed by atoms with E-state index in [1.807, 2.05) is 37.3 Å². The van der Waals surface area contributed by atoms with Crippen molar-refractivity contribution in [3.05, 3.63) is 131 Å². The number of hydrogen-bond acceptors (Lipinski definition) is 4. The fourth-order valence-electron chi connectivity index (χ4n) is 4.73. The SMILES string of the molecule is CCCCNC(=O)C(Cc1ccccc1)N(Cc1ccccc1Cl)C(=O)CN(c1ccccc1)S(=O)(=O)c1ccc(F)cc1. The molecule has 0 heterocycles. The number of halogens is 2. The summed E-state index contributed by atoms with van der Waals surface area (Å²) in [7, 11) is -4.31. The van der Waals surface area contributed by atoms with Crippen molar-refractivity contribution in [1.82, 2.24) is 10.2 Å². The standard InChI is InChI=1S/C34H35ClFN3O4S/c1-2-3-22-37-34(41)32(23-26-12-6-4-7-13-26)38(24-27-14-10-11-17-31(27)35)33(40)25-39(29-15-8-5-9-16-29)44(42,43)30-20-18-28(36)19-21-30/h4-21,32H,2-3,22-25H2,1H3,(H,37,41). The summed E-state index contributed by atoms with van der Waals surface area (Å²) in [6.07, 6.45) is 1.84. The highest BCUT2D eigenvalue weighted by Crippen LogP contribution is 2.26. The minimum atomic E-state index is -4.31. The Kier molecular flexibility index (Phi) is 11.5. The molecule has 2 amide bonds. The van der Waals surface area contributed by atoms with Gasteiger partial charge >= 0.3 is 0 Å². The Morgan fingerprint density at radius 3 is 2.11 bits per heavy atom. The first kappa shape index (κ1) is 32.7. The number of carbonyl (C=O) groups excluding carboxylic acids is 2. The number of hydrogen-bond donors (Lipinski definition) is 1. The van der Waals surface area contributed by atoms with E-state index in [1.54, 1.807) is 54.6 Å². The molecule has 1 N–H and O–H groups in total. The summed E-state index contributed by atoms with van der Waals surface area (Å²) in [4.78, 5) is 29.3. The predicted molar refractivity (Wildman–Crippen MR) is 171 cm³/mol. The number of amides is 2. The van der Waals surface area contributed by atoms with Crippen molar-refractivity contribution in [3.63, 3.8) is 0 Å². The van der Waals surface area contributed by atoms with Crippen LogP contribution in [0.3, 0.4) is 0 Å². The minimum Gasteiger partial charge on any atom is -0.354 e. The van der Waals surface area contributed by atoms with Crippen LogP contribution >= 0.6 is 11.6 Å². The van der Waals surface area contributed by atoms with Crippen LogP contribution in [-0.2, 0) is 32.6 Å². The minimum absolute atomic E-state index is 0.0313. The molecule has 0 aliphatic carbocycles. The molecule has 0 saturated heterocycles. The second-order valence-electron chi connectivity index (χ2n) is 10.3. The zero-order valence-electron chi connectivity index (χ0n) is 24.4. The molecule has 0 radical (unpaired) electrons. The second kappa shape index (κ2) is 15.5. The lowest BCUT2D eigenvalue weighted by atomic mass is 10.0. The molecule has 230 valence electrons. The quantitative estimate of drug-likeness (QED) is 0.166. The number of unbranched alkanes of at least 4 members (excludes halogenated alkanes) is 1. The van der Waals surface area contributed by atoms with Crippen LogP contribution in [0.2, 0.25) is 5.02 Å². The summed E-state index contributed by atoms with van der Waals surface area (Å²) in [5.74, 6) is -1.54. The molecule has 0 saturated carbocycles. The number of anilines is 1. The maximum absolute atomic E-state index is 14.4. The lowest BCUT2D eigenvalue weighted by Crippen LogP contribution is -2.53. The van der Waals surface area contributed by atoms with Gasteiger partial charge in [-0.05, 0) is 60.0 Å². The van der Waals surface area contributed by atoms with E-state index in [-0.39, 0.29) is 29.5 Å². The van der Waals surface area contributed by atoms with Crippen molar-refractivity contribution in [1.29, 1.82) is 0 Å². The van der Waals surface area contributed by atoms with Gasteiger partial charge in [0, 0.05) is 24.5 Å². The smallest absolute Gasteiger partial charge is 0.264 e. The number of rotatable bonds is 14. The van der Waals surface area contributed by atoms with Crippen LogP contribution in [0.25, 0.3) is 0 Å². The van der Waals surface area contributed by atoms with Gasteiger partial charge in [-0.25, -0.2) is 12.8 Å². The van der Waals surface area contributed by atoms with E-state index in [0.717, 1.165) is 47.0 Å². The van der Waals surface area contributed by atoms with Gasteiger partial charge in [0.25, 0.3) is 10.0 Å². The van der Waals surface area contributed by atoms with Crippen molar-refractivity contribution < 1.29 is 22.4 Å². The monoisotopic (exact) mass is 635 g/mol. The van der Waals surface area contributed by atoms with Gasteiger partial charge < -0.3 is 10.2 Å². The number of sulfonamides is 1. The van der Waals surface area contributed by atoms with Gasteiger partial charge in [0.2, 0.25) is 11.8 Å². The molecule has 0 fully saturated rings. The maximum Gasteiger partial charge on any atom is 0.264 e. The van der Waals surface area contributed by atoms with E-state index in [9.17, 15) is 22.4 Å². The topological polar surface area (TPSA) is 86.8 Å². The summed E-state index contributed by atoms with van der Waals surface area (Å²) in [5.41, 5.74) is 1.68. The molecule has 0 aliphatic heterocycles. The number of nitrogens with one attached hydrogen (secondary N) is 1. The Hall–Kier alpha value is -4.21. The molecule has 4 aromatic rings. The lowest BCUT2D eigenvalue weighted by Gasteiger charge is -2.34. The van der Waals surface area contributed by atoms with Gasteiger partial charge in [-0.3, -0.25) is 13.9 Å². The zero-order chi connectivity index (χ0) is 31.5. The Morgan fingerprint density at radius 1 is 0.864 bits per heavy atom.